The van der Waals surface area contributed by atoms with Crippen LogP contribution in [0.25, 0.3) is 10.4 Å². The first kappa shape index (κ1) is 10.9. The Morgan fingerprint density at radius 3 is 3.14 bits per heavy atom. The van der Waals surface area contributed by atoms with Gasteiger partial charge in [0.25, 0.3) is 0 Å². The summed E-state index contributed by atoms with van der Waals surface area (Å²) < 4.78 is 4.06. The zero-order valence-electron chi connectivity index (χ0n) is 7.47. The van der Waals surface area contributed by atoms with Gasteiger partial charge in [-0.25, -0.2) is 0 Å². The summed E-state index contributed by atoms with van der Waals surface area (Å²) in [5, 5.41) is 13.3. The number of hydrogen-bond donors (Lipinski definition) is 0. The van der Waals surface area contributed by atoms with Crippen LogP contribution in [0.3, 0.4) is 0 Å². The van der Waals surface area contributed by atoms with Crippen molar-refractivity contribution in [2.75, 3.05) is 5.75 Å². The minimum absolute atomic E-state index is 0.355. The molecule has 7 heteroatoms. The van der Waals surface area contributed by atoms with Crippen molar-refractivity contribution in [3.05, 3.63) is 16.0 Å². The number of thioether (sulfide) groups is 1. The number of nitriles is 1. The third kappa shape index (κ3) is 2.39. The van der Waals surface area contributed by atoms with Crippen LogP contribution in [-0.2, 0) is 0 Å². The predicted molar refractivity (Wildman–Crippen MR) is 56.7 cm³/mol. The highest BCUT2D eigenvalue weighted by Gasteiger charge is 2.11. The van der Waals surface area contributed by atoms with Crippen LogP contribution in [0.2, 0.25) is 0 Å². The van der Waals surface area contributed by atoms with Gasteiger partial charge in [-0.05, 0) is 34.4 Å². The van der Waals surface area contributed by atoms with E-state index in [4.69, 9.17) is 10.8 Å². The third-order valence-electron chi connectivity index (χ3n) is 1.33. The Morgan fingerprint density at radius 2 is 2.57 bits per heavy atom. The Hall–Kier alpha value is -1.22. The molecule has 0 amide bonds. The van der Waals surface area contributed by atoms with Crippen molar-refractivity contribution < 1.29 is 0 Å². The average molecular weight is 225 g/mol. The van der Waals surface area contributed by atoms with E-state index in [1.54, 1.807) is 0 Å². The lowest BCUT2D eigenvalue weighted by Crippen LogP contribution is -1.79. The molecule has 0 aromatic carbocycles. The first-order valence-corrected chi connectivity index (χ1v) is 5.67. The first-order chi connectivity index (χ1) is 6.83. The van der Waals surface area contributed by atoms with Gasteiger partial charge in [-0.15, -0.1) is 11.8 Å². The fourth-order valence-electron chi connectivity index (χ4n) is 0.769. The van der Waals surface area contributed by atoms with E-state index in [0.29, 0.717) is 15.6 Å². The number of nitrogens with zero attached hydrogens (tertiary/aromatic N) is 5. The molecule has 0 fully saturated rings. The van der Waals surface area contributed by atoms with E-state index in [0.717, 1.165) is 23.7 Å². The van der Waals surface area contributed by atoms with Gasteiger partial charge in [0.2, 0.25) is 0 Å². The first-order valence-electron chi connectivity index (χ1n) is 3.91. The van der Waals surface area contributed by atoms with Gasteiger partial charge in [0, 0.05) is 4.91 Å². The van der Waals surface area contributed by atoms with Crippen molar-refractivity contribution in [3.8, 4) is 6.07 Å². The van der Waals surface area contributed by atoms with Crippen molar-refractivity contribution in [2.45, 2.75) is 18.4 Å². The van der Waals surface area contributed by atoms with E-state index in [2.05, 4.69) is 21.3 Å². The van der Waals surface area contributed by atoms with E-state index >= 15 is 0 Å². The van der Waals surface area contributed by atoms with Crippen LogP contribution in [0.1, 0.15) is 18.9 Å². The Labute approximate surface area is 89.5 Å². The smallest absolute Gasteiger partial charge is 0.130 e. The Balaban J connectivity index is 2.96. The van der Waals surface area contributed by atoms with Gasteiger partial charge >= 0.3 is 0 Å². The lowest BCUT2D eigenvalue weighted by atomic mass is 10.4. The molecule has 72 valence electrons. The number of hydrogen-bond acceptors (Lipinski definition) is 5. The van der Waals surface area contributed by atoms with Crippen LogP contribution >= 0.6 is 23.3 Å². The van der Waals surface area contributed by atoms with Gasteiger partial charge in [-0.1, -0.05) is 6.92 Å². The quantitative estimate of drug-likeness (QED) is 0.340. The summed E-state index contributed by atoms with van der Waals surface area (Å²) in [5.41, 5.74) is 8.64. The molecule has 0 aliphatic carbocycles. The summed E-state index contributed by atoms with van der Waals surface area (Å²) in [4.78, 5) is 2.64. The van der Waals surface area contributed by atoms with Crippen molar-refractivity contribution >= 4 is 28.3 Å². The van der Waals surface area contributed by atoms with Crippen LogP contribution in [0.4, 0.5) is 5.00 Å². The maximum absolute atomic E-state index is 8.83. The van der Waals surface area contributed by atoms with Gasteiger partial charge in [-0.2, -0.15) is 9.64 Å². The zero-order valence-corrected chi connectivity index (χ0v) is 9.10. The van der Waals surface area contributed by atoms with Crippen LogP contribution in [0.15, 0.2) is 10.1 Å². The lowest BCUT2D eigenvalue weighted by molar-refractivity contribution is 1.10. The fraction of sp³-hybridized carbons (Fsp3) is 0.429. The minimum Gasteiger partial charge on any atom is -0.192 e. The molecule has 0 radical (unpaired) electrons. The Bertz CT molecular complexity index is 399. The maximum atomic E-state index is 8.83. The van der Waals surface area contributed by atoms with Crippen molar-refractivity contribution in [3.63, 3.8) is 0 Å². The molecule has 1 aromatic heterocycles. The van der Waals surface area contributed by atoms with Gasteiger partial charge in [0.1, 0.15) is 21.7 Å². The van der Waals surface area contributed by atoms with E-state index in [1.165, 1.54) is 11.8 Å². The monoisotopic (exact) mass is 225 g/mol. The summed E-state index contributed by atoms with van der Waals surface area (Å²) >= 11 is 2.57. The summed E-state index contributed by atoms with van der Waals surface area (Å²) in [5.74, 6) is 0.911. The molecular weight excluding hydrogens is 218 g/mol. The predicted octanol–water partition coefficient (Wildman–Crippen LogP) is 3.46. The second-order valence-corrected chi connectivity index (χ2v) is 4.15. The molecule has 0 spiro atoms. The molecule has 0 N–H and O–H groups in total. The molecule has 0 saturated carbocycles. The summed E-state index contributed by atoms with van der Waals surface area (Å²) in [7, 11) is 0. The maximum Gasteiger partial charge on any atom is 0.130 e. The van der Waals surface area contributed by atoms with E-state index in [9.17, 15) is 0 Å². The lowest BCUT2D eigenvalue weighted by Gasteiger charge is -1.93. The normalized spacial score (nSPS) is 9.14. The molecule has 14 heavy (non-hydrogen) atoms. The molecular formula is C7H7N5S2. The molecule has 0 aliphatic rings. The number of aromatic nitrogens is 1. The van der Waals surface area contributed by atoms with Gasteiger partial charge < -0.3 is 0 Å². The molecule has 1 rings (SSSR count). The SMILES string of the molecule is CCCSc1nsc(N=[N+]=[N-])c1C#N. The highest BCUT2D eigenvalue weighted by atomic mass is 32.2. The van der Waals surface area contributed by atoms with E-state index in [1.807, 2.05) is 6.07 Å². The van der Waals surface area contributed by atoms with Crippen LogP contribution in [0.5, 0.6) is 0 Å². The summed E-state index contributed by atoms with van der Waals surface area (Å²) in [6.07, 6.45) is 1.02. The van der Waals surface area contributed by atoms with Crippen LogP contribution < -0.4 is 0 Å². The Kier molecular flexibility index (Phi) is 4.26. The molecule has 0 aliphatic heterocycles. The second kappa shape index (κ2) is 5.50. The number of azide groups is 1. The second-order valence-electron chi connectivity index (χ2n) is 2.32. The molecule has 1 aromatic rings. The summed E-state index contributed by atoms with van der Waals surface area (Å²) in [6, 6.07) is 2.00. The van der Waals surface area contributed by atoms with Crippen molar-refractivity contribution in [2.24, 2.45) is 5.11 Å². The topological polar surface area (TPSA) is 85.4 Å². The molecule has 0 bridgehead atoms. The van der Waals surface area contributed by atoms with E-state index in [-0.39, 0.29) is 0 Å². The Morgan fingerprint density at radius 1 is 1.79 bits per heavy atom. The van der Waals surface area contributed by atoms with Gasteiger partial charge in [0.05, 0.1) is 0 Å². The third-order valence-corrected chi connectivity index (χ3v) is 3.36. The molecule has 5 nitrogen and oxygen atoms in total. The minimum atomic E-state index is 0.355. The van der Waals surface area contributed by atoms with Crippen molar-refractivity contribution in [1.29, 1.82) is 5.26 Å². The highest BCUT2D eigenvalue weighted by Crippen LogP contribution is 2.33. The van der Waals surface area contributed by atoms with Gasteiger partial charge in [-0.3, -0.25) is 0 Å². The highest BCUT2D eigenvalue weighted by molar-refractivity contribution is 7.99. The molecule has 0 atom stereocenters. The zero-order chi connectivity index (χ0) is 10.4. The average Bonchev–Trinajstić information content (AvgIpc) is 2.58. The van der Waals surface area contributed by atoms with Crippen LogP contribution in [-0.4, -0.2) is 10.1 Å². The fourth-order valence-corrected chi connectivity index (χ4v) is 2.41. The molecule has 0 saturated heterocycles. The largest absolute Gasteiger partial charge is 0.192 e. The molecule has 0 unspecified atom stereocenters. The van der Waals surface area contributed by atoms with Gasteiger partial charge in [0.15, 0.2) is 0 Å². The number of rotatable bonds is 4. The molecule has 1 heterocycles. The van der Waals surface area contributed by atoms with Crippen molar-refractivity contribution in [1.82, 2.24) is 4.37 Å². The standard InChI is InChI=1S/C7H7N5S2/c1-2-3-13-7-5(4-8)6(10-12-9)14-11-7/h2-3H2,1H3. The van der Waals surface area contributed by atoms with Crippen LogP contribution in [0, 0.1) is 11.3 Å². The van der Waals surface area contributed by atoms with E-state index < -0.39 is 0 Å². The summed E-state index contributed by atoms with van der Waals surface area (Å²) in [6.45, 7) is 2.06.